The van der Waals surface area contributed by atoms with Crippen LogP contribution in [-0.2, 0) is 39.8 Å². The van der Waals surface area contributed by atoms with E-state index in [0.29, 0.717) is 37.2 Å². The number of nitrogens with zero attached hydrogens (tertiary/aromatic N) is 2. The molecule has 3 unspecified atom stereocenters. The number of carbonyl (C=O) groups excluding carboxylic acids is 4. The summed E-state index contributed by atoms with van der Waals surface area (Å²) in [5, 5.41) is 0. The van der Waals surface area contributed by atoms with Gasteiger partial charge in [-0.2, -0.15) is 0 Å². The summed E-state index contributed by atoms with van der Waals surface area (Å²) in [7, 11) is 1.17. The molecule has 2 aliphatic rings. The van der Waals surface area contributed by atoms with Crippen LogP contribution in [0.15, 0.2) is 24.3 Å². The van der Waals surface area contributed by atoms with Gasteiger partial charge in [0, 0.05) is 13.0 Å². The largest absolute Gasteiger partial charge is 0.490 e. The molecule has 252 valence electrons. The van der Waals surface area contributed by atoms with E-state index in [1.54, 1.807) is 49.9 Å². The van der Waals surface area contributed by atoms with Crippen LogP contribution in [0.5, 0.6) is 5.75 Å². The lowest BCUT2D eigenvalue weighted by Gasteiger charge is -2.35. The van der Waals surface area contributed by atoms with Crippen LogP contribution in [0.4, 0.5) is 4.79 Å². The molecule has 12 nitrogen and oxygen atoms in total. The summed E-state index contributed by atoms with van der Waals surface area (Å²) >= 11 is 0. The van der Waals surface area contributed by atoms with Gasteiger partial charge >= 0.3 is 24.0 Å². The number of ether oxygens (including phenoxy) is 5. The quantitative estimate of drug-likeness (QED) is 0.193. The third kappa shape index (κ3) is 10.9. The maximum absolute atomic E-state index is 13.0. The van der Waals surface area contributed by atoms with E-state index in [1.807, 2.05) is 20.8 Å². The Bertz CT molecular complexity index is 1170. The Labute approximate surface area is 266 Å². The lowest BCUT2D eigenvalue weighted by Crippen LogP contribution is -2.59. The molecule has 3 atom stereocenters. The van der Waals surface area contributed by atoms with Crippen molar-refractivity contribution in [2.75, 3.05) is 39.9 Å². The minimum atomic E-state index is -2.01. The first-order chi connectivity index (χ1) is 21.0. The van der Waals surface area contributed by atoms with Gasteiger partial charge in [0.1, 0.15) is 29.6 Å². The molecule has 12 heteroatoms. The van der Waals surface area contributed by atoms with Crippen molar-refractivity contribution in [3.63, 3.8) is 0 Å². The van der Waals surface area contributed by atoms with Crippen LogP contribution in [0, 0.1) is 0 Å². The van der Waals surface area contributed by atoms with Crippen LogP contribution in [0.2, 0.25) is 0 Å². The third-order valence-corrected chi connectivity index (χ3v) is 7.52. The molecule has 2 heterocycles. The number of hydrogen-bond acceptors (Lipinski definition) is 11. The van der Waals surface area contributed by atoms with Crippen molar-refractivity contribution in [3.8, 4) is 5.75 Å². The second-order valence-electron chi connectivity index (χ2n) is 13.8. The van der Waals surface area contributed by atoms with Gasteiger partial charge in [-0.15, -0.1) is 0 Å². The SMILES string of the molecule is COC(=O)C(N)(Cc1ccc(OCC2CN(CCCC(C(=O)OC(C)(C)C)N3CCCCC3)C(=O)O2)cc1)C(=O)OC(C)(C)C. The summed E-state index contributed by atoms with van der Waals surface area (Å²) in [6.07, 6.45) is 3.55. The van der Waals surface area contributed by atoms with Gasteiger partial charge in [-0.1, -0.05) is 18.6 Å². The number of nitrogens with two attached hydrogens (primary N) is 1. The van der Waals surface area contributed by atoms with Crippen LogP contribution in [0.1, 0.15) is 79.2 Å². The second kappa shape index (κ2) is 15.3. The molecule has 0 aromatic heterocycles. The summed E-state index contributed by atoms with van der Waals surface area (Å²) in [5.74, 6) is -1.45. The lowest BCUT2D eigenvalue weighted by atomic mass is 9.91. The average molecular weight is 634 g/mol. The molecule has 2 saturated heterocycles. The van der Waals surface area contributed by atoms with Gasteiger partial charge in [-0.05, 0) is 98.0 Å². The first-order valence-corrected chi connectivity index (χ1v) is 15.8. The van der Waals surface area contributed by atoms with Crippen molar-refractivity contribution in [1.82, 2.24) is 9.80 Å². The molecule has 1 aromatic rings. The highest BCUT2D eigenvalue weighted by atomic mass is 16.6. The lowest BCUT2D eigenvalue weighted by molar-refractivity contribution is -0.170. The van der Waals surface area contributed by atoms with E-state index in [2.05, 4.69) is 4.90 Å². The number of cyclic esters (lactones) is 1. The zero-order valence-corrected chi connectivity index (χ0v) is 27.9. The predicted octanol–water partition coefficient (Wildman–Crippen LogP) is 3.62. The molecule has 0 bridgehead atoms. The summed E-state index contributed by atoms with van der Waals surface area (Å²) in [5.41, 5.74) is 3.42. The summed E-state index contributed by atoms with van der Waals surface area (Å²) < 4.78 is 27.3. The fourth-order valence-electron chi connectivity index (χ4n) is 5.36. The Morgan fingerprint density at radius 2 is 1.58 bits per heavy atom. The molecule has 2 fully saturated rings. The molecule has 45 heavy (non-hydrogen) atoms. The Kier molecular flexibility index (Phi) is 12.2. The molecule has 1 aromatic carbocycles. The number of esters is 3. The molecule has 1 amide bonds. The van der Waals surface area contributed by atoms with Gasteiger partial charge in [0.2, 0.25) is 5.54 Å². The predicted molar refractivity (Wildman–Crippen MR) is 167 cm³/mol. The molecule has 3 rings (SSSR count). The van der Waals surface area contributed by atoms with Gasteiger partial charge in [-0.3, -0.25) is 9.69 Å². The number of amides is 1. The van der Waals surface area contributed by atoms with Crippen LogP contribution in [-0.4, -0.2) is 103 Å². The topological polar surface area (TPSA) is 147 Å². The van der Waals surface area contributed by atoms with E-state index < -0.39 is 40.9 Å². The minimum absolute atomic E-state index is 0.128. The second-order valence-corrected chi connectivity index (χ2v) is 13.8. The van der Waals surface area contributed by atoms with Gasteiger partial charge < -0.3 is 34.3 Å². The minimum Gasteiger partial charge on any atom is -0.490 e. The first-order valence-electron chi connectivity index (χ1n) is 15.8. The summed E-state index contributed by atoms with van der Waals surface area (Å²) in [4.78, 5) is 54.6. The molecule has 0 aliphatic carbocycles. The van der Waals surface area contributed by atoms with E-state index in [0.717, 1.165) is 25.9 Å². The molecule has 0 saturated carbocycles. The van der Waals surface area contributed by atoms with Gasteiger partial charge in [0.25, 0.3) is 0 Å². The van der Waals surface area contributed by atoms with E-state index in [-0.39, 0.29) is 25.0 Å². The van der Waals surface area contributed by atoms with Crippen LogP contribution >= 0.6 is 0 Å². The maximum Gasteiger partial charge on any atom is 0.410 e. The summed E-state index contributed by atoms with van der Waals surface area (Å²) in [6.45, 7) is 13.4. The molecule has 0 radical (unpaired) electrons. The van der Waals surface area contributed by atoms with E-state index >= 15 is 0 Å². The number of likely N-dealkylation sites (tertiary alicyclic amines) is 1. The number of benzene rings is 1. The summed E-state index contributed by atoms with van der Waals surface area (Å²) in [6, 6.07) is 6.44. The van der Waals surface area contributed by atoms with Crippen molar-refractivity contribution in [1.29, 1.82) is 0 Å². The van der Waals surface area contributed by atoms with Crippen molar-refractivity contribution in [2.24, 2.45) is 5.73 Å². The van der Waals surface area contributed by atoms with E-state index in [1.165, 1.54) is 13.5 Å². The normalized spacial score (nSPS) is 19.7. The maximum atomic E-state index is 13.0. The van der Waals surface area contributed by atoms with Crippen LogP contribution in [0.25, 0.3) is 0 Å². The molecule has 2 N–H and O–H groups in total. The van der Waals surface area contributed by atoms with Gasteiger partial charge in [0.05, 0.1) is 13.7 Å². The number of carbonyl (C=O) groups is 4. The third-order valence-electron chi connectivity index (χ3n) is 7.52. The Morgan fingerprint density at radius 1 is 0.956 bits per heavy atom. The van der Waals surface area contributed by atoms with Crippen molar-refractivity contribution < 1.29 is 42.9 Å². The first kappa shape index (κ1) is 36.1. The van der Waals surface area contributed by atoms with E-state index in [9.17, 15) is 19.2 Å². The number of rotatable bonds is 13. The highest BCUT2D eigenvalue weighted by Crippen LogP contribution is 2.23. The smallest absolute Gasteiger partial charge is 0.410 e. The zero-order valence-electron chi connectivity index (χ0n) is 27.9. The number of piperidine rings is 1. The molecule has 2 aliphatic heterocycles. The van der Waals surface area contributed by atoms with Gasteiger partial charge in [0.15, 0.2) is 6.10 Å². The van der Waals surface area contributed by atoms with Gasteiger partial charge in [-0.25, -0.2) is 14.4 Å². The Balaban J connectivity index is 1.51. The highest BCUT2D eigenvalue weighted by molar-refractivity contribution is 6.05. The van der Waals surface area contributed by atoms with Crippen molar-refractivity contribution in [2.45, 2.75) is 109 Å². The molecular formula is C33H51N3O9. The van der Waals surface area contributed by atoms with E-state index in [4.69, 9.17) is 29.4 Å². The number of methoxy groups -OCH3 is 1. The number of hydrogen-bond donors (Lipinski definition) is 1. The van der Waals surface area contributed by atoms with Crippen molar-refractivity contribution >= 4 is 24.0 Å². The molecular weight excluding hydrogens is 582 g/mol. The zero-order chi connectivity index (χ0) is 33.4. The monoisotopic (exact) mass is 633 g/mol. The average Bonchev–Trinajstić information content (AvgIpc) is 3.31. The fraction of sp³-hybridized carbons (Fsp3) is 0.697. The highest BCUT2D eigenvalue weighted by Gasteiger charge is 2.46. The van der Waals surface area contributed by atoms with Crippen molar-refractivity contribution in [3.05, 3.63) is 29.8 Å². The fourth-order valence-corrected chi connectivity index (χ4v) is 5.36. The Hall–Kier alpha value is -3.38. The standard InChI is InChI=1S/C33H51N3O9/c1-31(2,3)44-27(37)26(35-17-9-8-10-18-35)12-11-19-36-21-25(43-30(36)40)22-42-24-15-13-23(14-16-24)20-33(34,28(38)41-7)29(39)45-32(4,5)6/h13-16,25-26H,8-12,17-22,34H2,1-7H3. The Morgan fingerprint density at radius 3 is 2.16 bits per heavy atom. The molecule has 0 spiro atoms. The van der Waals surface area contributed by atoms with Crippen LogP contribution in [0.3, 0.4) is 0 Å². The van der Waals surface area contributed by atoms with Crippen LogP contribution < -0.4 is 10.5 Å².